The Labute approximate surface area is 218 Å². The van der Waals surface area contributed by atoms with Crippen molar-refractivity contribution in [1.82, 2.24) is 14.3 Å². The quantitative estimate of drug-likeness (QED) is 0.372. The highest BCUT2D eigenvalue weighted by molar-refractivity contribution is 7.92. The predicted octanol–water partition coefficient (Wildman–Crippen LogP) is 3.96. The van der Waals surface area contributed by atoms with E-state index in [9.17, 15) is 21.6 Å². The van der Waals surface area contributed by atoms with Gasteiger partial charge in [0, 0.05) is 35.7 Å². The molecule has 1 heterocycles. The second-order valence-electron chi connectivity index (χ2n) is 8.43. The van der Waals surface area contributed by atoms with Gasteiger partial charge in [0.05, 0.1) is 9.79 Å². The lowest BCUT2D eigenvalue weighted by Gasteiger charge is -2.20. The maximum absolute atomic E-state index is 12.9. The van der Waals surface area contributed by atoms with Crippen LogP contribution in [0.3, 0.4) is 0 Å². The zero-order chi connectivity index (χ0) is 27.2. The molecule has 0 bridgehead atoms. The second kappa shape index (κ2) is 11.8. The molecule has 1 amide bonds. The van der Waals surface area contributed by atoms with Crippen molar-refractivity contribution < 1.29 is 21.6 Å². The number of rotatable bonds is 11. The maximum atomic E-state index is 12.9. The summed E-state index contributed by atoms with van der Waals surface area (Å²) >= 11 is 0. The van der Waals surface area contributed by atoms with Gasteiger partial charge in [0.2, 0.25) is 16.0 Å². The molecule has 0 radical (unpaired) electrons. The second-order valence-corrected chi connectivity index (χ2v) is 12.1. The Morgan fingerprint density at radius 3 is 1.97 bits per heavy atom. The SMILES string of the molecule is CCCCN(CC)S(=O)(=O)c1ccc(C(=O)Nc2ccc(S(=O)(=O)Nc3nc(C)cc(C)n3)cc2)cc1. The lowest BCUT2D eigenvalue weighted by molar-refractivity contribution is 0.102. The predicted molar refractivity (Wildman–Crippen MR) is 142 cm³/mol. The highest BCUT2D eigenvalue weighted by Gasteiger charge is 2.23. The van der Waals surface area contributed by atoms with E-state index in [1.165, 1.54) is 52.8 Å². The molecule has 1 aromatic heterocycles. The average Bonchev–Trinajstić information content (AvgIpc) is 2.84. The van der Waals surface area contributed by atoms with Crippen LogP contribution in [0, 0.1) is 13.8 Å². The molecule has 0 saturated heterocycles. The standard InChI is InChI=1S/C25H31N5O5S2/c1-5-7-16-30(6-2)37(34,35)23-12-8-20(9-13-23)24(31)28-21-10-14-22(15-11-21)36(32,33)29-25-26-18(3)17-19(4)27-25/h8-15,17H,5-7,16H2,1-4H3,(H,28,31)(H,26,27,29). The Balaban J connectivity index is 1.69. The fourth-order valence-corrected chi connectivity index (χ4v) is 6.01. The molecule has 0 spiro atoms. The van der Waals surface area contributed by atoms with Crippen molar-refractivity contribution in [1.29, 1.82) is 0 Å². The number of unbranched alkanes of at least 4 members (excludes halogenated alkanes) is 1. The van der Waals surface area contributed by atoms with E-state index in [0.717, 1.165) is 12.8 Å². The molecule has 10 nitrogen and oxygen atoms in total. The molecule has 0 aliphatic rings. The van der Waals surface area contributed by atoms with Gasteiger partial charge in [-0.15, -0.1) is 0 Å². The van der Waals surface area contributed by atoms with Gasteiger partial charge >= 0.3 is 0 Å². The number of amides is 1. The number of benzene rings is 2. The lowest BCUT2D eigenvalue weighted by Crippen LogP contribution is -2.31. The van der Waals surface area contributed by atoms with Gasteiger partial charge in [0.1, 0.15) is 0 Å². The molecule has 3 aromatic rings. The van der Waals surface area contributed by atoms with Crippen LogP contribution in [-0.2, 0) is 20.0 Å². The average molecular weight is 546 g/mol. The van der Waals surface area contributed by atoms with Crippen LogP contribution >= 0.6 is 0 Å². The van der Waals surface area contributed by atoms with Crippen LogP contribution in [0.2, 0.25) is 0 Å². The third kappa shape index (κ3) is 7.12. The molecular formula is C25H31N5O5S2. The minimum Gasteiger partial charge on any atom is -0.322 e. The minimum absolute atomic E-state index is 0.0206. The number of carbonyl (C=O) groups is 1. The Hall–Kier alpha value is -3.35. The van der Waals surface area contributed by atoms with Crippen molar-refractivity contribution in [2.75, 3.05) is 23.1 Å². The third-order valence-electron chi connectivity index (χ3n) is 5.50. The first-order valence-corrected chi connectivity index (χ1v) is 14.8. The van der Waals surface area contributed by atoms with Gasteiger partial charge in [-0.1, -0.05) is 20.3 Å². The van der Waals surface area contributed by atoms with Crippen molar-refractivity contribution >= 4 is 37.6 Å². The molecule has 3 rings (SSSR count). The van der Waals surface area contributed by atoms with Crippen LogP contribution in [0.25, 0.3) is 0 Å². The molecule has 2 N–H and O–H groups in total. The van der Waals surface area contributed by atoms with E-state index in [1.807, 2.05) is 6.92 Å². The molecule has 0 aliphatic carbocycles. The molecule has 12 heteroatoms. The van der Waals surface area contributed by atoms with E-state index in [1.54, 1.807) is 26.8 Å². The third-order valence-corrected chi connectivity index (χ3v) is 8.83. The van der Waals surface area contributed by atoms with Gasteiger partial charge in [-0.05, 0) is 74.9 Å². The van der Waals surface area contributed by atoms with E-state index in [4.69, 9.17) is 0 Å². The Morgan fingerprint density at radius 1 is 0.865 bits per heavy atom. The number of aromatic nitrogens is 2. The maximum Gasteiger partial charge on any atom is 0.264 e. The molecule has 0 atom stereocenters. The summed E-state index contributed by atoms with van der Waals surface area (Å²) < 4.78 is 54.9. The summed E-state index contributed by atoms with van der Waals surface area (Å²) in [5.41, 5.74) is 1.90. The van der Waals surface area contributed by atoms with E-state index in [-0.39, 0.29) is 21.3 Å². The summed E-state index contributed by atoms with van der Waals surface area (Å²) in [6, 6.07) is 13.1. The summed E-state index contributed by atoms with van der Waals surface area (Å²) in [6.45, 7) is 8.07. The van der Waals surface area contributed by atoms with Crippen LogP contribution in [0.5, 0.6) is 0 Å². The monoisotopic (exact) mass is 545 g/mol. The fourth-order valence-electron chi connectivity index (χ4n) is 3.58. The number of aryl methyl sites for hydroxylation is 2. The first-order chi connectivity index (χ1) is 17.5. The number of hydrogen-bond donors (Lipinski definition) is 2. The van der Waals surface area contributed by atoms with Gasteiger partial charge in [-0.3, -0.25) is 4.79 Å². The first-order valence-electron chi connectivity index (χ1n) is 11.8. The molecule has 37 heavy (non-hydrogen) atoms. The summed E-state index contributed by atoms with van der Waals surface area (Å²) in [4.78, 5) is 20.9. The van der Waals surface area contributed by atoms with Crippen molar-refractivity contribution in [3.63, 3.8) is 0 Å². The Bertz CT molecular complexity index is 1440. The van der Waals surface area contributed by atoms with Gasteiger partial charge < -0.3 is 5.32 Å². The molecule has 0 aliphatic heterocycles. The number of carbonyl (C=O) groups excluding carboxylic acids is 1. The van der Waals surface area contributed by atoms with Crippen molar-refractivity contribution in [3.05, 3.63) is 71.5 Å². The van der Waals surface area contributed by atoms with E-state index < -0.39 is 26.0 Å². The van der Waals surface area contributed by atoms with E-state index >= 15 is 0 Å². The van der Waals surface area contributed by atoms with Crippen LogP contribution in [0.15, 0.2) is 64.4 Å². The van der Waals surface area contributed by atoms with Crippen molar-refractivity contribution in [3.8, 4) is 0 Å². The molecule has 0 saturated carbocycles. The number of nitrogens with one attached hydrogen (secondary N) is 2. The van der Waals surface area contributed by atoms with Gasteiger partial charge in [0.15, 0.2) is 0 Å². The largest absolute Gasteiger partial charge is 0.322 e. The van der Waals surface area contributed by atoms with E-state index in [2.05, 4.69) is 20.0 Å². The van der Waals surface area contributed by atoms with Crippen molar-refractivity contribution in [2.24, 2.45) is 0 Å². The van der Waals surface area contributed by atoms with Crippen LogP contribution in [0.1, 0.15) is 48.4 Å². The number of anilines is 2. The zero-order valence-corrected chi connectivity index (χ0v) is 22.9. The number of nitrogens with zero attached hydrogens (tertiary/aromatic N) is 3. The van der Waals surface area contributed by atoms with Crippen LogP contribution < -0.4 is 10.0 Å². The van der Waals surface area contributed by atoms with E-state index in [0.29, 0.717) is 30.2 Å². The molecule has 0 fully saturated rings. The van der Waals surface area contributed by atoms with Gasteiger partial charge in [-0.25, -0.2) is 31.5 Å². The molecule has 198 valence electrons. The summed E-state index contributed by atoms with van der Waals surface area (Å²) in [5.74, 6) is -0.479. The molecular weight excluding hydrogens is 514 g/mol. The lowest BCUT2D eigenvalue weighted by atomic mass is 10.2. The van der Waals surface area contributed by atoms with Crippen LogP contribution in [0.4, 0.5) is 11.6 Å². The molecule has 0 unspecified atom stereocenters. The zero-order valence-electron chi connectivity index (χ0n) is 21.2. The molecule has 2 aromatic carbocycles. The normalized spacial score (nSPS) is 11.9. The van der Waals surface area contributed by atoms with Gasteiger partial charge in [-0.2, -0.15) is 4.31 Å². The van der Waals surface area contributed by atoms with Crippen LogP contribution in [-0.4, -0.2) is 50.1 Å². The topological polar surface area (TPSA) is 138 Å². The first kappa shape index (κ1) is 28.2. The minimum atomic E-state index is -3.93. The van der Waals surface area contributed by atoms with Gasteiger partial charge in [0.25, 0.3) is 15.9 Å². The fraction of sp³-hybridized carbons (Fsp3) is 0.320. The highest BCUT2D eigenvalue weighted by atomic mass is 32.2. The number of hydrogen-bond acceptors (Lipinski definition) is 7. The number of sulfonamides is 2. The summed E-state index contributed by atoms with van der Waals surface area (Å²) in [7, 11) is -7.57. The van der Waals surface area contributed by atoms with Crippen molar-refractivity contribution in [2.45, 2.75) is 50.3 Å². The Morgan fingerprint density at radius 2 is 1.43 bits per heavy atom. The Kier molecular flexibility index (Phi) is 9.00. The smallest absolute Gasteiger partial charge is 0.264 e. The highest BCUT2D eigenvalue weighted by Crippen LogP contribution is 2.20. The summed E-state index contributed by atoms with van der Waals surface area (Å²) in [6.07, 6.45) is 1.65. The summed E-state index contributed by atoms with van der Waals surface area (Å²) in [5, 5.41) is 2.68.